The Hall–Kier alpha value is -1.98. The van der Waals surface area contributed by atoms with Crippen LogP contribution in [0.1, 0.15) is 5.69 Å². The number of hydrogen-bond donors (Lipinski definition) is 0. The highest BCUT2D eigenvalue weighted by molar-refractivity contribution is 5.16. The van der Waals surface area contributed by atoms with Gasteiger partial charge in [-0.2, -0.15) is 0 Å². The first-order chi connectivity index (χ1) is 11.3. The largest absolute Gasteiger partial charge is 0.491 e. The molecule has 2 aromatic rings. The third-order valence-corrected chi connectivity index (χ3v) is 4.86. The Kier molecular flexibility index (Phi) is 3.97. The maximum absolute atomic E-state index is 6.01. The van der Waals surface area contributed by atoms with E-state index in [1.54, 1.807) is 12.4 Å². The SMILES string of the molecule is c1ccc(CN2C[C@@H]3COC[C@]3(COc3cccnc3)C2)nc1. The Morgan fingerprint density at radius 2 is 2.26 bits per heavy atom. The van der Waals surface area contributed by atoms with E-state index in [1.807, 2.05) is 30.5 Å². The summed E-state index contributed by atoms with van der Waals surface area (Å²) in [7, 11) is 0. The number of ether oxygens (including phenoxy) is 2. The Morgan fingerprint density at radius 1 is 1.26 bits per heavy atom. The Bertz CT molecular complexity index is 637. The molecule has 0 radical (unpaired) electrons. The Balaban J connectivity index is 1.42. The molecular formula is C18H21N3O2. The van der Waals surface area contributed by atoms with Crippen LogP contribution in [0.25, 0.3) is 0 Å². The minimum absolute atomic E-state index is 0.0879. The van der Waals surface area contributed by atoms with Crippen LogP contribution in [0.2, 0.25) is 0 Å². The van der Waals surface area contributed by atoms with E-state index in [-0.39, 0.29) is 5.41 Å². The van der Waals surface area contributed by atoms with Gasteiger partial charge in [0.05, 0.1) is 31.7 Å². The minimum atomic E-state index is 0.0879. The standard InChI is InChI=1S/C18H21N3O2/c1-2-7-20-16(4-1)10-21-9-15-11-22-13-18(15,12-21)14-23-17-5-3-6-19-8-17/h1-8,15H,9-14H2/t15-,18+/m1/s1. The number of likely N-dealkylation sites (tertiary alicyclic amines) is 1. The molecule has 5 heteroatoms. The maximum atomic E-state index is 6.01. The summed E-state index contributed by atoms with van der Waals surface area (Å²) in [6.45, 7) is 5.22. The summed E-state index contributed by atoms with van der Waals surface area (Å²) in [4.78, 5) is 11.0. The monoisotopic (exact) mass is 311 g/mol. The zero-order valence-corrected chi connectivity index (χ0v) is 13.1. The van der Waals surface area contributed by atoms with E-state index < -0.39 is 0 Å². The van der Waals surface area contributed by atoms with Gasteiger partial charge in [-0.3, -0.25) is 14.9 Å². The molecule has 0 spiro atoms. The quantitative estimate of drug-likeness (QED) is 0.845. The van der Waals surface area contributed by atoms with Crippen LogP contribution in [0.3, 0.4) is 0 Å². The molecule has 2 aliphatic heterocycles. The van der Waals surface area contributed by atoms with Gasteiger partial charge in [0.1, 0.15) is 5.75 Å². The molecule has 2 saturated heterocycles. The maximum Gasteiger partial charge on any atom is 0.137 e. The summed E-state index contributed by atoms with van der Waals surface area (Å²) in [5.41, 5.74) is 1.21. The first kappa shape index (κ1) is 14.6. The van der Waals surface area contributed by atoms with Crippen LogP contribution in [0.5, 0.6) is 5.75 Å². The summed E-state index contributed by atoms with van der Waals surface area (Å²) in [5.74, 6) is 1.36. The van der Waals surface area contributed by atoms with Crippen LogP contribution in [-0.2, 0) is 11.3 Å². The molecule has 4 rings (SSSR count). The first-order valence-electron chi connectivity index (χ1n) is 8.07. The fourth-order valence-electron chi connectivity index (χ4n) is 3.65. The van der Waals surface area contributed by atoms with Crippen molar-refractivity contribution < 1.29 is 9.47 Å². The van der Waals surface area contributed by atoms with Gasteiger partial charge in [-0.1, -0.05) is 6.07 Å². The minimum Gasteiger partial charge on any atom is -0.491 e. The van der Waals surface area contributed by atoms with Crippen molar-refractivity contribution in [3.05, 3.63) is 54.6 Å². The molecule has 0 amide bonds. The van der Waals surface area contributed by atoms with Gasteiger partial charge < -0.3 is 9.47 Å². The van der Waals surface area contributed by atoms with Gasteiger partial charge >= 0.3 is 0 Å². The van der Waals surface area contributed by atoms with Crippen LogP contribution < -0.4 is 4.74 Å². The van der Waals surface area contributed by atoms with Gasteiger partial charge in [-0.05, 0) is 24.3 Å². The predicted octanol–water partition coefficient (Wildman–Crippen LogP) is 2.00. The van der Waals surface area contributed by atoms with E-state index in [0.29, 0.717) is 12.5 Å². The van der Waals surface area contributed by atoms with Gasteiger partial charge in [0, 0.05) is 43.4 Å². The van der Waals surface area contributed by atoms with E-state index in [1.165, 1.54) is 0 Å². The number of nitrogens with zero attached hydrogens (tertiary/aromatic N) is 3. The molecule has 5 nitrogen and oxygen atoms in total. The zero-order valence-electron chi connectivity index (χ0n) is 13.1. The normalized spacial score (nSPS) is 27.0. The van der Waals surface area contributed by atoms with E-state index in [4.69, 9.17) is 9.47 Å². The molecule has 2 aliphatic rings. The van der Waals surface area contributed by atoms with Crippen molar-refractivity contribution in [3.63, 3.8) is 0 Å². The van der Waals surface area contributed by atoms with E-state index in [9.17, 15) is 0 Å². The molecule has 0 aliphatic carbocycles. The van der Waals surface area contributed by atoms with Crippen LogP contribution in [0.4, 0.5) is 0 Å². The van der Waals surface area contributed by atoms with E-state index in [0.717, 1.165) is 44.3 Å². The van der Waals surface area contributed by atoms with Crippen molar-refractivity contribution in [1.29, 1.82) is 0 Å². The highest BCUT2D eigenvalue weighted by Crippen LogP contribution is 2.42. The highest BCUT2D eigenvalue weighted by atomic mass is 16.5. The smallest absolute Gasteiger partial charge is 0.137 e. The van der Waals surface area contributed by atoms with Crippen LogP contribution in [0.15, 0.2) is 48.9 Å². The lowest BCUT2D eigenvalue weighted by molar-refractivity contribution is 0.0896. The fraction of sp³-hybridized carbons (Fsp3) is 0.444. The lowest BCUT2D eigenvalue weighted by Gasteiger charge is -2.27. The molecule has 2 atom stereocenters. The van der Waals surface area contributed by atoms with E-state index in [2.05, 4.69) is 20.9 Å². The average Bonchev–Trinajstić information content (AvgIpc) is 3.12. The Morgan fingerprint density at radius 3 is 3.09 bits per heavy atom. The molecule has 120 valence electrons. The Labute approximate surface area is 136 Å². The molecule has 0 N–H and O–H groups in total. The number of aromatic nitrogens is 2. The number of rotatable bonds is 5. The third-order valence-electron chi connectivity index (χ3n) is 4.86. The second-order valence-corrected chi connectivity index (χ2v) is 6.54. The molecule has 23 heavy (non-hydrogen) atoms. The molecular weight excluding hydrogens is 290 g/mol. The van der Waals surface area contributed by atoms with Crippen LogP contribution in [-0.4, -0.2) is 47.8 Å². The second-order valence-electron chi connectivity index (χ2n) is 6.54. The molecule has 2 fully saturated rings. The summed E-state index contributed by atoms with van der Waals surface area (Å²) < 4.78 is 11.8. The third kappa shape index (κ3) is 3.07. The topological polar surface area (TPSA) is 47.5 Å². The van der Waals surface area contributed by atoms with Gasteiger partial charge in [-0.25, -0.2) is 0 Å². The van der Waals surface area contributed by atoms with Gasteiger partial charge in [0.2, 0.25) is 0 Å². The highest BCUT2D eigenvalue weighted by Gasteiger charge is 2.51. The molecule has 0 unspecified atom stereocenters. The van der Waals surface area contributed by atoms with Crippen LogP contribution >= 0.6 is 0 Å². The molecule has 4 heterocycles. The molecule has 0 aromatic carbocycles. The first-order valence-corrected chi connectivity index (χ1v) is 8.07. The number of fused-ring (bicyclic) bond motifs is 1. The predicted molar refractivity (Wildman–Crippen MR) is 86.0 cm³/mol. The van der Waals surface area contributed by atoms with Crippen molar-refractivity contribution in [1.82, 2.24) is 14.9 Å². The van der Waals surface area contributed by atoms with Gasteiger partial charge in [0.15, 0.2) is 0 Å². The van der Waals surface area contributed by atoms with Crippen molar-refractivity contribution in [2.24, 2.45) is 11.3 Å². The number of hydrogen-bond acceptors (Lipinski definition) is 5. The second kappa shape index (κ2) is 6.26. The lowest BCUT2D eigenvalue weighted by atomic mass is 9.82. The summed E-state index contributed by atoms with van der Waals surface area (Å²) in [6, 6.07) is 9.94. The molecule has 0 bridgehead atoms. The number of pyridine rings is 2. The molecule has 2 aromatic heterocycles. The van der Waals surface area contributed by atoms with Crippen molar-refractivity contribution in [3.8, 4) is 5.75 Å². The average molecular weight is 311 g/mol. The van der Waals surface area contributed by atoms with E-state index >= 15 is 0 Å². The van der Waals surface area contributed by atoms with Crippen LogP contribution in [0, 0.1) is 11.3 Å². The summed E-state index contributed by atoms with van der Waals surface area (Å²) >= 11 is 0. The summed E-state index contributed by atoms with van der Waals surface area (Å²) in [6.07, 6.45) is 5.38. The lowest BCUT2D eigenvalue weighted by Crippen LogP contribution is -2.36. The fourth-order valence-corrected chi connectivity index (χ4v) is 3.65. The summed E-state index contributed by atoms with van der Waals surface area (Å²) in [5, 5.41) is 0. The van der Waals surface area contributed by atoms with Crippen molar-refractivity contribution in [2.45, 2.75) is 6.54 Å². The van der Waals surface area contributed by atoms with Gasteiger partial charge in [-0.15, -0.1) is 0 Å². The zero-order chi connectivity index (χ0) is 15.5. The molecule has 0 saturated carbocycles. The van der Waals surface area contributed by atoms with Crippen molar-refractivity contribution in [2.75, 3.05) is 32.9 Å². The van der Waals surface area contributed by atoms with Gasteiger partial charge in [0.25, 0.3) is 0 Å². The van der Waals surface area contributed by atoms with Crippen molar-refractivity contribution >= 4 is 0 Å².